The lowest BCUT2D eigenvalue weighted by molar-refractivity contribution is -0.730. The summed E-state index contributed by atoms with van der Waals surface area (Å²) in [7, 11) is 1.67. The highest BCUT2D eigenvalue weighted by molar-refractivity contribution is 5.77. The lowest BCUT2D eigenvalue weighted by Gasteiger charge is -2.54. The monoisotopic (exact) mass is 405 g/mol. The van der Waals surface area contributed by atoms with Gasteiger partial charge in [0.25, 0.3) is 5.91 Å². The van der Waals surface area contributed by atoms with Gasteiger partial charge >= 0.3 is 0 Å². The number of rotatable bonds is 7. The second-order valence-electron chi connectivity index (χ2n) is 9.87. The number of quaternary nitrogens is 1. The highest BCUT2D eigenvalue weighted by atomic mass is 16.5. The van der Waals surface area contributed by atoms with Gasteiger partial charge in [0.1, 0.15) is 5.75 Å². The normalized spacial score (nSPS) is 30.1. The maximum atomic E-state index is 13.0. The molecule has 4 bridgehead atoms. The predicted molar refractivity (Wildman–Crippen MR) is 117 cm³/mol. The van der Waals surface area contributed by atoms with Crippen LogP contribution in [0.1, 0.15) is 55.7 Å². The highest BCUT2D eigenvalue weighted by Gasteiger charge is 2.53. The van der Waals surface area contributed by atoms with Crippen molar-refractivity contribution in [3.05, 3.63) is 65.7 Å². The molecule has 4 aliphatic rings. The molecule has 4 saturated carbocycles. The Bertz CT molecular complexity index is 842. The van der Waals surface area contributed by atoms with Gasteiger partial charge in [0, 0.05) is 19.3 Å². The molecule has 0 unspecified atom stereocenters. The minimum absolute atomic E-state index is 0.121. The van der Waals surface area contributed by atoms with E-state index in [9.17, 15) is 4.79 Å². The Balaban J connectivity index is 1.28. The van der Waals surface area contributed by atoms with Crippen LogP contribution in [0.3, 0.4) is 0 Å². The van der Waals surface area contributed by atoms with Gasteiger partial charge in [-0.3, -0.25) is 4.79 Å². The summed E-state index contributed by atoms with van der Waals surface area (Å²) in [6.07, 6.45) is 8.25. The summed E-state index contributed by atoms with van der Waals surface area (Å²) in [5.74, 6) is 3.67. The van der Waals surface area contributed by atoms with Gasteiger partial charge in [0.05, 0.1) is 18.7 Å². The molecule has 2 aromatic rings. The van der Waals surface area contributed by atoms with E-state index in [1.54, 1.807) is 7.11 Å². The van der Waals surface area contributed by atoms with Gasteiger partial charge in [0.2, 0.25) is 0 Å². The number of hydrogen-bond donors (Lipinski definition) is 2. The van der Waals surface area contributed by atoms with Gasteiger partial charge in [-0.25, -0.2) is 0 Å². The van der Waals surface area contributed by atoms with E-state index < -0.39 is 0 Å². The molecule has 158 valence electrons. The average molecular weight is 406 g/mol. The predicted octanol–water partition coefficient (Wildman–Crippen LogP) is 3.43. The summed E-state index contributed by atoms with van der Waals surface area (Å²) in [6.45, 7) is 0.519. The molecule has 0 aromatic heterocycles. The lowest BCUT2D eigenvalue weighted by Crippen LogP contribution is -3.00. The highest BCUT2D eigenvalue weighted by Crippen LogP contribution is 2.54. The van der Waals surface area contributed by atoms with Crippen LogP contribution in [0.15, 0.2) is 54.6 Å². The maximum Gasteiger partial charge on any atom is 0.275 e. The summed E-state index contributed by atoms with van der Waals surface area (Å²) >= 11 is 0. The molecule has 3 N–H and O–H groups in total. The summed E-state index contributed by atoms with van der Waals surface area (Å²) in [4.78, 5) is 13.0. The molecule has 4 nitrogen and oxygen atoms in total. The zero-order chi connectivity index (χ0) is 20.6. The quantitative estimate of drug-likeness (QED) is 0.742. The molecule has 6 rings (SSSR count). The van der Waals surface area contributed by atoms with E-state index in [2.05, 4.69) is 22.8 Å². The summed E-state index contributed by atoms with van der Waals surface area (Å²) in [5.41, 5.74) is 2.50. The number of methoxy groups -OCH3 is 1. The largest absolute Gasteiger partial charge is 0.497 e. The van der Waals surface area contributed by atoms with Crippen LogP contribution in [0.25, 0.3) is 0 Å². The first-order chi connectivity index (χ1) is 14.6. The fraction of sp³-hybridized carbons (Fsp3) is 0.500. The van der Waals surface area contributed by atoms with Crippen molar-refractivity contribution >= 4 is 5.91 Å². The van der Waals surface area contributed by atoms with Gasteiger partial charge in [-0.1, -0.05) is 42.5 Å². The van der Waals surface area contributed by atoms with Crippen molar-refractivity contribution in [1.82, 2.24) is 5.32 Å². The molecule has 4 aliphatic carbocycles. The van der Waals surface area contributed by atoms with Crippen LogP contribution >= 0.6 is 0 Å². The topological polar surface area (TPSA) is 54.9 Å². The van der Waals surface area contributed by atoms with Crippen molar-refractivity contribution < 1.29 is 14.8 Å². The van der Waals surface area contributed by atoms with Gasteiger partial charge in [-0.05, 0) is 60.3 Å². The Kier molecular flexibility index (Phi) is 5.28. The van der Waals surface area contributed by atoms with Crippen molar-refractivity contribution in [2.75, 3.05) is 13.7 Å². The number of carbonyl (C=O) groups excluding carboxylic acids is 1. The number of amides is 1. The number of hydrogen-bond acceptors (Lipinski definition) is 2. The first-order valence-electron chi connectivity index (χ1n) is 11.4. The van der Waals surface area contributed by atoms with E-state index in [0.29, 0.717) is 12.1 Å². The minimum atomic E-state index is -0.144. The zero-order valence-electron chi connectivity index (χ0n) is 17.8. The maximum absolute atomic E-state index is 13.0. The Hall–Kier alpha value is -2.33. The molecule has 0 radical (unpaired) electrons. The van der Waals surface area contributed by atoms with E-state index >= 15 is 0 Å². The third-order valence-corrected chi connectivity index (χ3v) is 7.69. The fourth-order valence-electron chi connectivity index (χ4n) is 6.76. The van der Waals surface area contributed by atoms with Gasteiger partial charge < -0.3 is 15.4 Å². The third kappa shape index (κ3) is 3.98. The molecule has 1 atom stereocenters. The van der Waals surface area contributed by atoms with Crippen molar-refractivity contribution in [2.24, 2.45) is 17.8 Å². The van der Waals surface area contributed by atoms with E-state index in [1.807, 2.05) is 42.5 Å². The van der Waals surface area contributed by atoms with Gasteiger partial charge in [-0.2, -0.15) is 0 Å². The van der Waals surface area contributed by atoms with Gasteiger partial charge in [-0.15, -0.1) is 0 Å². The van der Waals surface area contributed by atoms with Crippen molar-refractivity contribution in [3.63, 3.8) is 0 Å². The molecule has 0 spiro atoms. The van der Waals surface area contributed by atoms with Crippen molar-refractivity contribution in [1.29, 1.82) is 0 Å². The van der Waals surface area contributed by atoms with Gasteiger partial charge in [0.15, 0.2) is 6.54 Å². The van der Waals surface area contributed by atoms with Crippen LogP contribution < -0.4 is 15.4 Å². The number of ether oxygens (including phenoxy) is 1. The molecule has 4 heteroatoms. The van der Waals surface area contributed by atoms with E-state index in [0.717, 1.165) is 34.6 Å². The second-order valence-corrected chi connectivity index (χ2v) is 9.87. The number of benzene rings is 2. The molecule has 2 aromatic carbocycles. The Labute approximate surface area is 179 Å². The second kappa shape index (κ2) is 8.07. The number of carbonyl (C=O) groups is 1. The van der Waals surface area contributed by atoms with E-state index in [4.69, 9.17) is 4.74 Å². The third-order valence-electron chi connectivity index (χ3n) is 7.69. The molecule has 0 saturated heterocycles. The van der Waals surface area contributed by atoms with Crippen molar-refractivity contribution in [3.8, 4) is 5.75 Å². The average Bonchev–Trinajstić information content (AvgIpc) is 2.76. The van der Waals surface area contributed by atoms with Crippen LogP contribution in [-0.2, 0) is 4.79 Å². The Morgan fingerprint density at radius 1 is 0.967 bits per heavy atom. The lowest BCUT2D eigenvalue weighted by atomic mass is 9.53. The standard InChI is InChI=1S/C26H32N2O2/c1-30-23-9-7-22(8-10-23)25(21-5-3-2-4-6-21)28-24(29)17-27-26-14-18-11-19(15-26)13-20(12-18)16-26/h2-10,18-20,25,27H,11-17H2,1H3,(H,28,29)/p+1/t18?,19?,20?,25-,26?/m0/s1. The van der Waals surface area contributed by atoms with Crippen LogP contribution in [0.4, 0.5) is 0 Å². The summed E-state index contributed by atoms with van der Waals surface area (Å²) in [6, 6.07) is 18.1. The van der Waals surface area contributed by atoms with Crippen LogP contribution in [0.2, 0.25) is 0 Å². The molecule has 30 heavy (non-hydrogen) atoms. The minimum Gasteiger partial charge on any atom is -0.497 e. The zero-order valence-corrected chi connectivity index (χ0v) is 17.8. The first kappa shape index (κ1) is 19.6. The molecular formula is C26H33N2O2+. The fourth-order valence-corrected chi connectivity index (χ4v) is 6.76. The van der Waals surface area contributed by atoms with Crippen LogP contribution in [-0.4, -0.2) is 25.1 Å². The molecule has 1 amide bonds. The SMILES string of the molecule is COc1ccc([C@@H](NC(=O)C[NH2+]C23CC4CC(CC(C4)C2)C3)c2ccccc2)cc1. The van der Waals surface area contributed by atoms with Crippen LogP contribution in [0, 0.1) is 17.8 Å². The summed E-state index contributed by atoms with van der Waals surface area (Å²) in [5, 5.41) is 5.70. The molecule has 4 fully saturated rings. The number of nitrogens with two attached hydrogens (primary N) is 1. The Morgan fingerprint density at radius 2 is 1.53 bits per heavy atom. The molecular weight excluding hydrogens is 372 g/mol. The van der Waals surface area contributed by atoms with E-state index in [1.165, 1.54) is 38.5 Å². The first-order valence-corrected chi connectivity index (χ1v) is 11.4. The smallest absolute Gasteiger partial charge is 0.275 e. The Morgan fingerprint density at radius 3 is 2.10 bits per heavy atom. The van der Waals surface area contributed by atoms with Crippen molar-refractivity contribution in [2.45, 2.75) is 50.1 Å². The molecule has 0 aliphatic heterocycles. The molecule has 0 heterocycles. The summed E-state index contributed by atoms with van der Waals surface area (Å²) < 4.78 is 5.30. The number of nitrogens with one attached hydrogen (secondary N) is 1. The van der Waals surface area contributed by atoms with Crippen LogP contribution in [0.5, 0.6) is 5.75 Å². The van der Waals surface area contributed by atoms with E-state index in [-0.39, 0.29) is 11.9 Å².